The third-order valence-electron chi connectivity index (χ3n) is 3.67. The summed E-state index contributed by atoms with van der Waals surface area (Å²) in [6, 6.07) is 9.93. The topological polar surface area (TPSA) is 57.0 Å². The first kappa shape index (κ1) is 20.8. The van der Waals surface area contributed by atoms with E-state index in [1.54, 1.807) is 0 Å². The molecule has 1 heterocycles. The van der Waals surface area contributed by atoms with Crippen molar-refractivity contribution in [3.8, 4) is 6.07 Å². The Morgan fingerprint density at radius 3 is 2.41 bits per heavy atom. The first-order chi connectivity index (χ1) is 12.7. The smallest absolute Gasteiger partial charge is 0.311 e. The molecule has 0 N–H and O–H groups in total. The van der Waals surface area contributed by atoms with Gasteiger partial charge in [-0.3, -0.25) is 4.79 Å². The van der Waals surface area contributed by atoms with Gasteiger partial charge in [0.05, 0.1) is 28.8 Å². The molecule has 0 saturated carbocycles. The molecule has 142 valence electrons. The van der Waals surface area contributed by atoms with Gasteiger partial charge in [0.1, 0.15) is 0 Å². The van der Waals surface area contributed by atoms with E-state index in [9.17, 15) is 18.0 Å². The maximum atomic E-state index is 12.7. The van der Waals surface area contributed by atoms with E-state index in [0.717, 1.165) is 35.2 Å². The van der Waals surface area contributed by atoms with Crippen molar-refractivity contribution in [3.63, 3.8) is 0 Å². The molecule has 27 heavy (non-hydrogen) atoms. The van der Waals surface area contributed by atoms with Crippen molar-refractivity contribution in [2.75, 3.05) is 17.2 Å². The van der Waals surface area contributed by atoms with E-state index in [1.807, 2.05) is 38.1 Å². The lowest BCUT2D eigenvalue weighted by Gasteiger charge is -2.22. The number of thioether (sulfide) groups is 1. The summed E-state index contributed by atoms with van der Waals surface area (Å²) in [5.74, 6) is -0.224. The molecule has 2 aromatic rings. The van der Waals surface area contributed by atoms with Crippen molar-refractivity contribution in [2.24, 2.45) is 0 Å². The molecule has 4 nitrogen and oxygen atoms in total. The minimum Gasteiger partial charge on any atom is -0.311 e. The van der Waals surface area contributed by atoms with Crippen LogP contribution in [0.3, 0.4) is 0 Å². The number of pyridine rings is 1. The zero-order chi connectivity index (χ0) is 20.0. The van der Waals surface area contributed by atoms with Crippen LogP contribution >= 0.6 is 11.8 Å². The van der Waals surface area contributed by atoms with E-state index >= 15 is 0 Å². The average molecular weight is 393 g/mol. The van der Waals surface area contributed by atoms with Crippen molar-refractivity contribution in [1.82, 2.24) is 4.98 Å². The monoisotopic (exact) mass is 393 g/mol. The Kier molecular flexibility index (Phi) is 6.86. The molecule has 0 atom stereocenters. The van der Waals surface area contributed by atoms with Crippen molar-refractivity contribution in [2.45, 2.75) is 31.5 Å². The van der Waals surface area contributed by atoms with Crippen LogP contribution in [0.1, 0.15) is 23.1 Å². The van der Waals surface area contributed by atoms with Crippen LogP contribution in [0.2, 0.25) is 0 Å². The van der Waals surface area contributed by atoms with Gasteiger partial charge in [-0.1, -0.05) is 17.8 Å². The van der Waals surface area contributed by atoms with Crippen LogP contribution in [-0.2, 0) is 11.0 Å². The largest absolute Gasteiger partial charge is 0.417 e. The second kappa shape index (κ2) is 8.91. The molecule has 1 aromatic heterocycles. The number of amides is 1. The summed E-state index contributed by atoms with van der Waals surface area (Å²) in [5, 5.41) is 9.19. The standard InChI is InChI=1S/C19H18F3N3OS/c1-13-8-14(2)10-16(9-13)25(7-3-6-23)18(26)12-27-17-5-4-15(11-24-17)19(20,21)22/h4-5,8-11H,3,7,12H2,1-2H3. The van der Waals surface area contributed by atoms with Gasteiger partial charge >= 0.3 is 6.18 Å². The fraction of sp³-hybridized carbons (Fsp3) is 0.316. The van der Waals surface area contributed by atoms with E-state index < -0.39 is 11.7 Å². The van der Waals surface area contributed by atoms with Crippen molar-refractivity contribution in [3.05, 3.63) is 53.2 Å². The van der Waals surface area contributed by atoms with Crippen LogP contribution in [-0.4, -0.2) is 23.2 Å². The van der Waals surface area contributed by atoms with Gasteiger partial charge < -0.3 is 4.90 Å². The predicted octanol–water partition coefficient (Wildman–Crippen LogP) is 4.76. The Labute approximate surface area is 160 Å². The van der Waals surface area contributed by atoms with E-state index in [0.29, 0.717) is 10.7 Å². The molecular weight excluding hydrogens is 375 g/mol. The number of aryl methyl sites for hydroxylation is 2. The van der Waals surface area contributed by atoms with Crippen LogP contribution in [0.5, 0.6) is 0 Å². The number of halogens is 3. The number of alkyl halides is 3. The fourth-order valence-corrected chi connectivity index (χ4v) is 3.23. The van der Waals surface area contributed by atoms with Crippen molar-refractivity contribution < 1.29 is 18.0 Å². The molecule has 0 aliphatic heterocycles. The number of carbonyl (C=O) groups excluding carboxylic acids is 1. The molecule has 0 aliphatic rings. The maximum absolute atomic E-state index is 12.7. The van der Waals surface area contributed by atoms with Gasteiger partial charge in [-0.15, -0.1) is 0 Å². The van der Waals surface area contributed by atoms with Gasteiger partial charge in [0, 0.05) is 18.4 Å². The molecule has 0 unspecified atom stereocenters. The lowest BCUT2D eigenvalue weighted by molar-refractivity contribution is -0.137. The molecule has 0 fully saturated rings. The van der Waals surface area contributed by atoms with Crippen LogP contribution in [0.4, 0.5) is 18.9 Å². The molecule has 2 rings (SSSR count). The zero-order valence-corrected chi connectivity index (χ0v) is 15.7. The summed E-state index contributed by atoms with van der Waals surface area (Å²) in [6.45, 7) is 4.09. The van der Waals surface area contributed by atoms with E-state index in [4.69, 9.17) is 5.26 Å². The fourth-order valence-electron chi connectivity index (χ4n) is 2.51. The average Bonchev–Trinajstić information content (AvgIpc) is 2.59. The highest BCUT2D eigenvalue weighted by Gasteiger charge is 2.30. The Morgan fingerprint density at radius 1 is 1.22 bits per heavy atom. The van der Waals surface area contributed by atoms with Crippen LogP contribution in [0, 0.1) is 25.2 Å². The molecule has 0 aliphatic carbocycles. The number of carbonyl (C=O) groups is 1. The Bertz CT molecular complexity index is 825. The van der Waals surface area contributed by atoms with Crippen molar-refractivity contribution >= 4 is 23.4 Å². The minimum absolute atomic E-state index is 0.0107. The summed E-state index contributed by atoms with van der Waals surface area (Å²) >= 11 is 1.06. The van der Waals surface area contributed by atoms with Crippen LogP contribution in [0.25, 0.3) is 0 Å². The number of nitriles is 1. The predicted molar refractivity (Wildman–Crippen MR) is 98.5 cm³/mol. The molecule has 0 bridgehead atoms. The van der Waals surface area contributed by atoms with Gasteiger partial charge in [-0.25, -0.2) is 4.98 Å². The SMILES string of the molecule is Cc1cc(C)cc(N(CCC#N)C(=O)CSc2ccc(C(F)(F)F)cn2)c1. The molecule has 0 spiro atoms. The third-order valence-corrected chi connectivity index (χ3v) is 4.60. The second-order valence-electron chi connectivity index (χ2n) is 5.97. The number of hydrogen-bond acceptors (Lipinski definition) is 4. The lowest BCUT2D eigenvalue weighted by atomic mass is 10.1. The highest BCUT2D eigenvalue weighted by Crippen LogP contribution is 2.29. The zero-order valence-electron chi connectivity index (χ0n) is 14.9. The summed E-state index contributed by atoms with van der Waals surface area (Å²) in [6.07, 6.45) is -3.50. The lowest BCUT2D eigenvalue weighted by Crippen LogP contribution is -2.33. The van der Waals surface area contributed by atoms with E-state index in [2.05, 4.69) is 4.98 Å². The summed E-state index contributed by atoms with van der Waals surface area (Å²) < 4.78 is 37.7. The number of aromatic nitrogens is 1. The molecule has 1 amide bonds. The highest BCUT2D eigenvalue weighted by molar-refractivity contribution is 7.99. The van der Waals surface area contributed by atoms with Crippen LogP contribution < -0.4 is 4.90 Å². The minimum atomic E-state index is -4.44. The first-order valence-electron chi connectivity index (χ1n) is 8.12. The van der Waals surface area contributed by atoms with Crippen molar-refractivity contribution in [1.29, 1.82) is 5.26 Å². The van der Waals surface area contributed by atoms with E-state index in [1.165, 1.54) is 11.0 Å². The molecule has 0 radical (unpaired) electrons. The summed E-state index contributed by atoms with van der Waals surface area (Å²) in [7, 11) is 0. The summed E-state index contributed by atoms with van der Waals surface area (Å²) in [5.41, 5.74) is 1.87. The Hall–Kier alpha value is -2.53. The van der Waals surface area contributed by atoms with Gasteiger partial charge in [-0.05, 0) is 49.2 Å². The number of hydrogen-bond donors (Lipinski definition) is 0. The van der Waals surface area contributed by atoms with Gasteiger partial charge in [-0.2, -0.15) is 18.4 Å². The van der Waals surface area contributed by atoms with Gasteiger partial charge in [0.15, 0.2) is 0 Å². The Morgan fingerprint density at radius 2 is 1.89 bits per heavy atom. The Balaban J connectivity index is 2.10. The molecule has 0 saturated heterocycles. The second-order valence-corrected chi connectivity index (χ2v) is 6.97. The first-order valence-corrected chi connectivity index (χ1v) is 9.11. The van der Waals surface area contributed by atoms with E-state index in [-0.39, 0.29) is 24.6 Å². The van der Waals surface area contributed by atoms with Gasteiger partial charge in [0.25, 0.3) is 0 Å². The normalized spacial score (nSPS) is 11.1. The van der Waals surface area contributed by atoms with Gasteiger partial charge in [0.2, 0.25) is 5.91 Å². The molecule has 1 aromatic carbocycles. The highest BCUT2D eigenvalue weighted by atomic mass is 32.2. The molecule has 8 heteroatoms. The van der Waals surface area contributed by atoms with Crippen LogP contribution in [0.15, 0.2) is 41.6 Å². The number of anilines is 1. The number of benzene rings is 1. The maximum Gasteiger partial charge on any atom is 0.417 e. The summed E-state index contributed by atoms with van der Waals surface area (Å²) in [4.78, 5) is 17.9. The molecular formula is C19H18F3N3OS. The third kappa shape index (κ3) is 6.00. The number of nitrogens with zero attached hydrogens (tertiary/aromatic N) is 3. The number of rotatable bonds is 6. The quantitative estimate of drug-likeness (QED) is 0.664.